The van der Waals surface area contributed by atoms with Gasteiger partial charge in [-0.3, -0.25) is 9.69 Å². The quantitative estimate of drug-likeness (QED) is 0.530. The molecule has 2 atom stereocenters. The molecule has 1 aromatic heterocycles. The molecule has 2 aliphatic heterocycles. The van der Waals surface area contributed by atoms with Gasteiger partial charge in [0.15, 0.2) is 0 Å². The molecule has 190 valence electrons. The first kappa shape index (κ1) is 24.7. The van der Waals surface area contributed by atoms with Crippen molar-refractivity contribution in [1.29, 1.82) is 0 Å². The third-order valence-corrected chi connectivity index (χ3v) is 6.88. The number of β-amino-alcohol motifs (C(OH)–C–C–N with tert-alkyl or cyclic N) is 1. The van der Waals surface area contributed by atoms with Gasteiger partial charge in [-0.05, 0) is 36.4 Å². The van der Waals surface area contributed by atoms with Crippen molar-refractivity contribution in [2.24, 2.45) is 0 Å². The predicted molar refractivity (Wildman–Crippen MR) is 125 cm³/mol. The molecule has 0 saturated carbocycles. The van der Waals surface area contributed by atoms with Gasteiger partial charge in [-0.25, -0.2) is 14.4 Å². The van der Waals surface area contributed by atoms with Gasteiger partial charge in [0.2, 0.25) is 5.82 Å². The van der Waals surface area contributed by atoms with E-state index in [9.17, 15) is 27.5 Å². The van der Waals surface area contributed by atoms with Crippen molar-refractivity contribution in [3.63, 3.8) is 0 Å². The Labute approximate surface area is 208 Å². The number of alkyl halides is 3. The molecule has 2 aliphatic rings. The summed E-state index contributed by atoms with van der Waals surface area (Å²) in [4.78, 5) is 25.2. The molecule has 0 unspecified atom stereocenters. The number of amides is 1. The molecule has 1 N–H and O–H groups in total. The molecule has 3 heterocycles. The maximum absolute atomic E-state index is 14.3. The number of para-hydroxylation sites is 1. The number of hydrogen-bond donors (Lipinski definition) is 1. The molecule has 0 spiro atoms. The van der Waals surface area contributed by atoms with Crippen molar-refractivity contribution in [1.82, 2.24) is 19.8 Å². The van der Waals surface area contributed by atoms with Crippen LogP contribution in [0.25, 0.3) is 10.9 Å². The van der Waals surface area contributed by atoms with Crippen LogP contribution in [-0.2, 0) is 6.18 Å². The van der Waals surface area contributed by atoms with Crippen LogP contribution in [0, 0.1) is 5.82 Å². The largest absolute Gasteiger partial charge is 0.451 e. The van der Waals surface area contributed by atoms with E-state index in [4.69, 9.17) is 11.6 Å². The Balaban J connectivity index is 1.33. The Morgan fingerprint density at radius 3 is 2.36 bits per heavy atom. The number of anilines is 1. The van der Waals surface area contributed by atoms with E-state index in [1.54, 1.807) is 34.1 Å². The summed E-state index contributed by atoms with van der Waals surface area (Å²) < 4.78 is 54.7. The molecule has 1 amide bonds. The number of aliphatic hydroxyl groups excluding tert-OH is 1. The van der Waals surface area contributed by atoms with E-state index in [1.165, 1.54) is 12.1 Å². The van der Waals surface area contributed by atoms with Gasteiger partial charge in [-0.1, -0.05) is 17.7 Å². The van der Waals surface area contributed by atoms with Gasteiger partial charge in [0, 0.05) is 55.2 Å². The van der Waals surface area contributed by atoms with E-state index in [0.717, 1.165) is 6.07 Å². The number of hydrogen-bond acceptors (Lipinski definition) is 6. The van der Waals surface area contributed by atoms with E-state index < -0.39 is 29.4 Å². The average molecular weight is 524 g/mol. The summed E-state index contributed by atoms with van der Waals surface area (Å²) in [6.07, 6.45) is -5.72. The second kappa shape index (κ2) is 9.45. The summed E-state index contributed by atoms with van der Waals surface area (Å²) >= 11 is 5.89. The van der Waals surface area contributed by atoms with Crippen LogP contribution in [0.5, 0.6) is 0 Å². The van der Waals surface area contributed by atoms with Crippen LogP contribution in [0.15, 0.2) is 42.5 Å². The summed E-state index contributed by atoms with van der Waals surface area (Å²) in [6.45, 7) is 2.08. The lowest BCUT2D eigenvalue weighted by molar-refractivity contribution is -0.144. The van der Waals surface area contributed by atoms with Gasteiger partial charge in [0.1, 0.15) is 17.2 Å². The van der Waals surface area contributed by atoms with Crippen LogP contribution in [0.4, 0.5) is 23.4 Å². The lowest BCUT2D eigenvalue weighted by Gasteiger charge is -2.38. The number of carbonyl (C=O) groups excluding carboxylic acids is 1. The fourth-order valence-corrected chi connectivity index (χ4v) is 4.93. The Morgan fingerprint density at radius 2 is 1.69 bits per heavy atom. The zero-order chi connectivity index (χ0) is 25.6. The first-order chi connectivity index (χ1) is 17.1. The van der Waals surface area contributed by atoms with Gasteiger partial charge in [-0.2, -0.15) is 13.2 Å². The molecule has 0 bridgehead atoms. The van der Waals surface area contributed by atoms with E-state index in [2.05, 4.69) is 9.97 Å². The van der Waals surface area contributed by atoms with Crippen molar-refractivity contribution in [2.75, 3.05) is 44.2 Å². The lowest BCUT2D eigenvalue weighted by atomic mass is 10.1. The van der Waals surface area contributed by atoms with Gasteiger partial charge in [0.25, 0.3) is 5.91 Å². The first-order valence-electron chi connectivity index (χ1n) is 11.4. The molecule has 7 nitrogen and oxygen atoms in total. The second-order valence-corrected chi connectivity index (χ2v) is 9.32. The van der Waals surface area contributed by atoms with Gasteiger partial charge in [-0.15, -0.1) is 0 Å². The molecule has 0 aliphatic carbocycles. The number of aliphatic hydroxyl groups is 1. The highest BCUT2D eigenvalue weighted by Gasteiger charge is 2.41. The molecular weight excluding hydrogens is 502 g/mol. The summed E-state index contributed by atoms with van der Waals surface area (Å²) in [6, 6.07) is 10.2. The Kier molecular flexibility index (Phi) is 6.48. The van der Waals surface area contributed by atoms with Crippen molar-refractivity contribution in [3.05, 3.63) is 64.7 Å². The summed E-state index contributed by atoms with van der Waals surface area (Å²) in [7, 11) is 0. The zero-order valence-corrected chi connectivity index (χ0v) is 19.7. The third kappa shape index (κ3) is 4.70. The summed E-state index contributed by atoms with van der Waals surface area (Å²) in [5.41, 5.74) is 0.116. The number of nitrogens with zero attached hydrogens (tertiary/aromatic N) is 5. The molecule has 3 aromatic rings. The number of carbonyl (C=O) groups is 1. The summed E-state index contributed by atoms with van der Waals surface area (Å²) in [5.74, 6) is -2.49. The highest BCUT2D eigenvalue weighted by Crippen LogP contribution is 2.34. The first-order valence-corrected chi connectivity index (χ1v) is 11.7. The van der Waals surface area contributed by atoms with Crippen LogP contribution >= 0.6 is 11.6 Å². The van der Waals surface area contributed by atoms with Crippen LogP contribution in [-0.4, -0.2) is 82.2 Å². The van der Waals surface area contributed by atoms with Gasteiger partial charge in [0.05, 0.1) is 12.1 Å². The van der Waals surface area contributed by atoms with Crippen LogP contribution in [0.2, 0.25) is 5.02 Å². The Bertz CT molecular complexity index is 1280. The zero-order valence-electron chi connectivity index (χ0n) is 18.9. The number of fused-ring (bicyclic) bond motifs is 1. The number of piperazine rings is 1. The minimum absolute atomic E-state index is 0.0362. The molecule has 2 fully saturated rings. The van der Waals surface area contributed by atoms with Crippen molar-refractivity contribution < 1.29 is 27.5 Å². The van der Waals surface area contributed by atoms with Crippen LogP contribution < -0.4 is 4.90 Å². The maximum atomic E-state index is 14.3. The minimum Gasteiger partial charge on any atom is -0.390 e. The molecule has 36 heavy (non-hydrogen) atoms. The average Bonchev–Trinajstić information content (AvgIpc) is 3.24. The van der Waals surface area contributed by atoms with Crippen LogP contribution in [0.3, 0.4) is 0 Å². The monoisotopic (exact) mass is 523 g/mol. The highest BCUT2D eigenvalue weighted by molar-refractivity contribution is 6.30. The smallest absolute Gasteiger partial charge is 0.390 e. The van der Waals surface area contributed by atoms with Crippen molar-refractivity contribution in [2.45, 2.75) is 18.3 Å². The normalized spacial score (nSPS) is 21.4. The van der Waals surface area contributed by atoms with Gasteiger partial charge < -0.3 is 14.9 Å². The SMILES string of the molecule is O=C(c1ccc(Cl)cc1)N1CCN([C@H]2CN(c3nc(C(F)(F)F)nc4c(F)cccc34)C[C@@H]2O)CC1. The fourth-order valence-electron chi connectivity index (χ4n) is 4.80. The third-order valence-electron chi connectivity index (χ3n) is 6.63. The van der Waals surface area contributed by atoms with Crippen molar-refractivity contribution in [3.8, 4) is 0 Å². The van der Waals surface area contributed by atoms with E-state index in [-0.39, 0.29) is 36.2 Å². The molecule has 5 rings (SSSR count). The Hall–Kier alpha value is -3.02. The van der Waals surface area contributed by atoms with E-state index in [1.807, 2.05) is 4.90 Å². The lowest BCUT2D eigenvalue weighted by Crippen LogP contribution is -2.54. The van der Waals surface area contributed by atoms with E-state index >= 15 is 0 Å². The highest BCUT2D eigenvalue weighted by atomic mass is 35.5. The molecule has 2 saturated heterocycles. The second-order valence-electron chi connectivity index (χ2n) is 8.88. The maximum Gasteiger partial charge on any atom is 0.451 e. The number of rotatable bonds is 3. The predicted octanol–water partition coefficient (Wildman–Crippen LogP) is 3.45. The summed E-state index contributed by atoms with van der Waals surface area (Å²) in [5, 5.41) is 11.5. The number of benzene rings is 2. The molecule has 12 heteroatoms. The molecular formula is C24H22ClF4N5O2. The fraction of sp³-hybridized carbons (Fsp3) is 0.375. The van der Waals surface area contributed by atoms with Gasteiger partial charge >= 0.3 is 6.18 Å². The van der Waals surface area contributed by atoms with Crippen molar-refractivity contribution >= 4 is 34.2 Å². The van der Waals surface area contributed by atoms with Crippen LogP contribution in [0.1, 0.15) is 16.2 Å². The topological polar surface area (TPSA) is 72.8 Å². The number of aromatic nitrogens is 2. The Morgan fingerprint density at radius 1 is 1.00 bits per heavy atom. The van der Waals surface area contributed by atoms with E-state index in [0.29, 0.717) is 36.8 Å². The minimum atomic E-state index is -4.85. The standard InChI is InChI=1S/C24H22ClF4N5O2/c25-15-6-4-14(5-7-15)22(36)33-10-8-32(9-11-33)18-12-34(13-19(18)35)21-16-2-1-3-17(26)20(16)30-23(31-21)24(27,28)29/h1-7,18-19,35H,8-13H2/t18-,19-/m0/s1. The molecule has 2 aromatic carbocycles. The molecule has 0 radical (unpaired) electrons. The number of halogens is 5.